The summed E-state index contributed by atoms with van der Waals surface area (Å²) in [7, 11) is 0. The first kappa shape index (κ1) is 18.4. The molecule has 0 spiro atoms. The second-order valence-corrected chi connectivity index (χ2v) is 7.24. The largest absolute Gasteiger partial charge is 0.550 e. The maximum atomic E-state index is 12.6. The first-order valence-corrected chi connectivity index (χ1v) is 8.97. The summed E-state index contributed by atoms with van der Waals surface area (Å²) in [6, 6.07) is 0. The normalized spacial score (nSPS) is 20.5. The van der Waals surface area contributed by atoms with E-state index >= 15 is 0 Å². The molecule has 2 atom stereocenters. The Hall–Kier alpha value is -1.89. The van der Waals surface area contributed by atoms with Crippen molar-refractivity contribution in [3.8, 4) is 0 Å². The van der Waals surface area contributed by atoms with Gasteiger partial charge in [-0.25, -0.2) is 4.79 Å². The molecule has 0 unspecified atom stereocenters. The summed E-state index contributed by atoms with van der Waals surface area (Å²) in [6.07, 6.45) is 2.57. The van der Waals surface area contributed by atoms with Gasteiger partial charge in [-0.1, -0.05) is 12.8 Å². The van der Waals surface area contributed by atoms with Crippen LogP contribution >= 0.6 is 11.3 Å². The molecule has 0 saturated heterocycles. The lowest BCUT2D eigenvalue weighted by atomic mass is 9.79. The third kappa shape index (κ3) is 3.77. The van der Waals surface area contributed by atoms with Crippen molar-refractivity contribution in [2.24, 2.45) is 11.8 Å². The smallest absolute Gasteiger partial charge is 0.341 e. The van der Waals surface area contributed by atoms with E-state index in [-0.39, 0.29) is 12.5 Å². The van der Waals surface area contributed by atoms with Crippen LogP contribution in [-0.4, -0.2) is 24.5 Å². The molecule has 0 bridgehead atoms. The summed E-state index contributed by atoms with van der Waals surface area (Å²) in [5.74, 6) is -3.42. The number of ether oxygens (including phenoxy) is 1. The summed E-state index contributed by atoms with van der Waals surface area (Å²) >= 11 is 1.30. The fraction of sp³-hybridized carbons (Fsp3) is 0.588. The standard InChI is InChI=1S/C17H23NO5S/c1-4-23-17(22)13-9(2)10(3)24-15(13)18-14(19)11-7-5-6-8-12(11)16(20)21/h11-12H,4-8H2,1-3H3,(H,18,19)(H,20,21)/p-1/t11-,12+/m1/s1. The summed E-state index contributed by atoms with van der Waals surface area (Å²) < 4.78 is 5.06. The Labute approximate surface area is 145 Å². The van der Waals surface area contributed by atoms with Gasteiger partial charge in [-0.3, -0.25) is 4.79 Å². The molecule has 6 nitrogen and oxygen atoms in total. The number of rotatable bonds is 5. The minimum absolute atomic E-state index is 0.246. The number of amides is 1. The Bertz CT molecular complexity index is 652. The number of carbonyl (C=O) groups excluding carboxylic acids is 3. The maximum absolute atomic E-state index is 12.6. The van der Waals surface area contributed by atoms with Crippen LogP contribution in [0.2, 0.25) is 0 Å². The number of hydrogen-bond acceptors (Lipinski definition) is 6. The van der Waals surface area contributed by atoms with E-state index in [0.717, 1.165) is 23.3 Å². The predicted molar refractivity (Wildman–Crippen MR) is 88.8 cm³/mol. The number of nitrogens with one attached hydrogen (secondary N) is 1. The molecule has 132 valence electrons. The quantitative estimate of drug-likeness (QED) is 0.818. The van der Waals surface area contributed by atoms with Crippen molar-refractivity contribution in [1.82, 2.24) is 0 Å². The van der Waals surface area contributed by atoms with Gasteiger partial charge in [0.1, 0.15) is 5.00 Å². The average Bonchev–Trinajstić information content (AvgIpc) is 2.81. The van der Waals surface area contributed by atoms with E-state index in [4.69, 9.17) is 4.74 Å². The van der Waals surface area contributed by atoms with Crippen molar-refractivity contribution in [2.45, 2.75) is 46.5 Å². The first-order chi connectivity index (χ1) is 11.4. The van der Waals surface area contributed by atoms with Crippen LogP contribution in [0.4, 0.5) is 5.00 Å². The van der Waals surface area contributed by atoms with Crippen LogP contribution in [0, 0.1) is 25.7 Å². The molecule has 0 aromatic carbocycles. The summed E-state index contributed by atoms with van der Waals surface area (Å²) in [4.78, 5) is 36.9. The lowest BCUT2D eigenvalue weighted by Gasteiger charge is -2.31. The van der Waals surface area contributed by atoms with Crippen molar-refractivity contribution >= 4 is 34.2 Å². The summed E-state index contributed by atoms with van der Waals surface area (Å²) in [6.45, 7) is 5.63. The minimum atomic E-state index is -1.18. The molecule has 1 aliphatic carbocycles. The van der Waals surface area contributed by atoms with Crippen molar-refractivity contribution < 1.29 is 24.2 Å². The Kier molecular flexibility index (Phi) is 5.99. The molecule has 7 heteroatoms. The number of carboxylic acids is 1. The minimum Gasteiger partial charge on any atom is -0.550 e. The van der Waals surface area contributed by atoms with Crippen LogP contribution in [0.3, 0.4) is 0 Å². The predicted octanol–water partition coefficient (Wildman–Crippen LogP) is 2.04. The van der Waals surface area contributed by atoms with Gasteiger partial charge in [0, 0.05) is 22.7 Å². The molecule has 0 aliphatic heterocycles. The van der Waals surface area contributed by atoms with Crippen LogP contribution in [0.15, 0.2) is 0 Å². The van der Waals surface area contributed by atoms with E-state index in [1.54, 1.807) is 13.8 Å². The van der Waals surface area contributed by atoms with E-state index in [2.05, 4.69) is 5.32 Å². The molecule has 1 amide bonds. The molecule has 1 aromatic rings. The molecule has 1 fully saturated rings. The Morgan fingerprint density at radius 1 is 1.21 bits per heavy atom. The molecule has 1 saturated carbocycles. The lowest BCUT2D eigenvalue weighted by Crippen LogP contribution is -2.42. The average molecular weight is 352 g/mol. The highest BCUT2D eigenvalue weighted by Gasteiger charge is 2.33. The van der Waals surface area contributed by atoms with E-state index in [0.29, 0.717) is 23.4 Å². The van der Waals surface area contributed by atoms with Gasteiger partial charge >= 0.3 is 5.97 Å². The van der Waals surface area contributed by atoms with Gasteiger partial charge < -0.3 is 20.0 Å². The number of carbonyl (C=O) groups is 3. The molecule has 0 radical (unpaired) electrons. The summed E-state index contributed by atoms with van der Waals surface area (Å²) in [5, 5.41) is 14.5. The van der Waals surface area contributed by atoms with Crippen LogP contribution in [-0.2, 0) is 14.3 Å². The van der Waals surface area contributed by atoms with Crippen LogP contribution in [0.25, 0.3) is 0 Å². The number of hydrogen-bond donors (Lipinski definition) is 1. The number of aryl methyl sites for hydroxylation is 1. The molecular formula is C17H22NO5S-. The summed E-state index contributed by atoms with van der Waals surface area (Å²) in [5.41, 5.74) is 1.13. The topological polar surface area (TPSA) is 95.5 Å². The van der Waals surface area contributed by atoms with Crippen LogP contribution in [0.5, 0.6) is 0 Å². The highest BCUT2D eigenvalue weighted by Crippen LogP contribution is 2.35. The fourth-order valence-electron chi connectivity index (χ4n) is 3.10. The second-order valence-electron chi connectivity index (χ2n) is 6.01. The first-order valence-electron chi connectivity index (χ1n) is 8.15. The molecule has 24 heavy (non-hydrogen) atoms. The molecule has 1 N–H and O–H groups in total. The maximum Gasteiger partial charge on any atom is 0.341 e. The number of thiophene rings is 1. The molecule has 2 rings (SSSR count). The molecular weight excluding hydrogens is 330 g/mol. The third-order valence-corrected chi connectivity index (χ3v) is 5.63. The van der Waals surface area contributed by atoms with Crippen molar-refractivity contribution in [2.75, 3.05) is 11.9 Å². The SMILES string of the molecule is CCOC(=O)c1c(NC(=O)[C@@H]2CCCC[C@@H]2C(=O)[O-])sc(C)c1C. The molecule has 1 heterocycles. The van der Waals surface area contributed by atoms with Gasteiger partial charge in [0.2, 0.25) is 5.91 Å². The van der Waals surface area contributed by atoms with E-state index in [1.807, 2.05) is 6.92 Å². The Balaban J connectivity index is 2.24. The van der Waals surface area contributed by atoms with Crippen molar-refractivity contribution in [3.63, 3.8) is 0 Å². The Morgan fingerprint density at radius 2 is 1.83 bits per heavy atom. The molecule has 1 aromatic heterocycles. The van der Waals surface area contributed by atoms with E-state index in [9.17, 15) is 19.5 Å². The van der Waals surface area contributed by atoms with Gasteiger partial charge in [-0.2, -0.15) is 0 Å². The van der Waals surface area contributed by atoms with Crippen LogP contribution < -0.4 is 10.4 Å². The zero-order chi connectivity index (χ0) is 17.9. The van der Waals surface area contributed by atoms with Gasteiger partial charge in [0.25, 0.3) is 0 Å². The van der Waals surface area contributed by atoms with Crippen molar-refractivity contribution in [3.05, 3.63) is 16.0 Å². The molecule has 1 aliphatic rings. The highest BCUT2D eigenvalue weighted by molar-refractivity contribution is 7.16. The zero-order valence-corrected chi connectivity index (χ0v) is 15.0. The number of anilines is 1. The Morgan fingerprint density at radius 3 is 2.42 bits per heavy atom. The van der Waals surface area contributed by atoms with Gasteiger partial charge in [-0.05, 0) is 39.2 Å². The van der Waals surface area contributed by atoms with Gasteiger partial charge in [-0.15, -0.1) is 11.3 Å². The monoisotopic (exact) mass is 352 g/mol. The number of aliphatic carboxylic acids is 1. The zero-order valence-electron chi connectivity index (χ0n) is 14.1. The van der Waals surface area contributed by atoms with Crippen LogP contribution in [0.1, 0.15) is 53.4 Å². The highest BCUT2D eigenvalue weighted by atomic mass is 32.1. The van der Waals surface area contributed by atoms with Gasteiger partial charge in [0.15, 0.2) is 0 Å². The van der Waals surface area contributed by atoms with E-state index in [1.165, 1.54) is 11.3 Å². The lowest BCUT2D eigenvalue weighted by molar-refractivity contribution is -0.313. The van der Waals surface area contributed by atoms with Crippen molar-refractivity contribution in [1.29, 1.82) is 0 Å². The second kappa shape index (κ2) is 7.79. The van der Waals surface area contributed by atoms with E-state index < -0.39 is 23.8 Å². The van der Waals surface area contributed by atoms with Gasteiger partial charge in [0.05, 0.1) is 12.2 Å². The fourth-order valence-corrected chi connectivity index (χ4v) is 4.15. The third-order valence-electron chi connectivity index (χ3n) is 4.51. The number of carboxylic acid groups (broad SMARTS) is 1. The number of esters is 1.